The van der Waals surface area contributed by atoms with Gasteiger partial charge in [-0.15, -0.1) is 0 Å². The molecule has 13 heavy (non-hydrogen) atoms. The fourth-order valence-corrected chi connectivity index (χ4v) is 0.746. The first-order valence-corrected chi connectivity index (χ1v) is 3.13. The van der Waals surface area contributed by atoms with Gasteiger partial charge in [-0.25, -0.2) is 29.3 Å². The van der Waals surface area contributed by atoms with Crippen molar-refractivity contribution in [1.29, 1.82) is 0 Å². The maximum atomic E-state index is 11.9. The normalized spacial score (nSPS) is 8.23. The van der Waals surface area contributed by atoms with E-state index in [0.717, 1.165) is 0 Å². The molecule has 0 radical (unpaired) electrons. The van der Waals surface area contributed by atoms with Crippen LogP contribution in [0, 0.1) is 12.5 Å². The summed E-state index contributed by atoms with van der Waals surface area (Å²) < 4.78 is 23.9. The van der Waals surface area contributed by atoms with Gasteiger partial charge in [-0.05, 0) is 6.54 Å². The zero-order valence-corrected chi connectivity index (χ0v) is 14.0. The van der Waals surface area contributed by atoms with Gasteiger partial charge in [-0.1, -0.05) is 0 Å². The Bertz CT molecular complexity index is 243. The molecule has 1 aromatic carbocycles. The van der Waals surface area contributed by atoms with Crippen molar-refractivity contribution in [2.75, 3.05) is 0 Å². The van der Waals surface area contributed by atoms with E-state index in [4.69, 9.17) is 5.73 Å². The molecular weight excluding hydrogens is 226 g/mol. The second-order valence-electron chi connectivity index (χ2n) is 2.05. The van der Waals surface area contributed by atoms with E-state index in [-0.39, 0.29) is 115 Å². The number of halogens is 2. The first kappa shape index (κ1) is 17.6. The Hall–Kier alpha value is 2.18. The molecule has 0 saturated carbocycles. The van der Waals surface area contributed by atoms with E-state index in [0.29, 0.717) is 5.56 Å². The van der Waals surface area contributed by atoms with E-state index in [1.165, 1.54) is 12.1 Å². The first-order chi connectivity index (χ1) is 5.24. The molecule has 0 spiro atoms. The first-order valence-electron chi connectivity index (χ1n) is 3.13. The third kappa shape index (κ3) is 6.37. The quantitative estimate of drug-likeness (QED) is 0.406. The van der Waals surface area contributed by atoms with Crippen LogP contribution in [0.4, 0.5) is 8.78 Å². The number of benzene rings is 1. The van der Waals surface area contributed by atoms with Gasteiger partial charge in [0.2, 0.25) is 0 Å². The van der Waals surface area contributed by atoms with Gasteiger partial charge in [0.05, 0.1) is 6.43 Å². The van der Waals surface area contributed by atoms with Gasteiger partial charge in [0, 0.05) is 0 Å². The molecule has 60 valence electrons. The maximum Gasteiger partial charge on any atom is 1.00 e. The average Bonchev–Trinajstić information content (AvgIpc) is 2.05. The van der Waals surface area contributed by atoms with Crippen molar-refractivity contribution in [2.24, 2.45) is 5.73 Å². The smallest absolute Gasteiger partial charge is 0.329 e. The summed E-state index contributed by atoms with van der Waals surface area (Å²) in [6.45, 7) is 0.237. The standard InChI is InChI=1S/C8H7F2N.2K/c9-8(10)7-3-1-2-6(4-7)5-11;;/h1-3H,5,11H2;;/q-2;2*+1. The van der Waals surface area contributed by atoms with Crippen molar-refractivity contribution < 1.29 is 112 Å². The Kier molecular flexibility index (Phi) is 12.7. The molecule has 0 saturated heterocycles. The molecule has 1 rings (SSSR count). The topological polar surface area (TPSA) is 26.0 Å². The maximum absolute atomic E-state index is 11.9. The van der Waals surface area contributed by atoms with Gasteiger partial charge in [-0.2, -0.15) is 0 Å². The summed E-state index contributed by atoms with van der Waals surface area (Å²) in [5.41, 5.74) is 5.65. The van der Waals surface area contributed by atoms with Gasteiger partial charge in [0.1, 0.15) is 0 Å². The number of rotatable bonds is 2. The molecule has 5 heteroatoms. The van der Waals surface area contributed by atoms with Crippen molar-refractivity contribution in [2.45, 2.75) is 6.54 Å². The summed E-state index contributed by atoms with van der Waals surface area (Å²) >= 11 is 0. The Morgan fingerprint density at radius 2 is 1.92 bits per heavy atom. The van der Waals surface area contributed by atoms with Crippen LogP contribution in [0.25, 0.3) is 0 Å². The van der Waals surface area contributed by atoms with E-state index >= 15 is 0 Å². The van der Waals surface area contributed by atoms with E-state index in [1.807, 2.05) is 0 Å². The van der Waals surface area contributed by atoms with E-state index in [9.17, 15) is 8.78 Å². The molecule has 0 atom stereocenters. The molecule has 0 aliphatic heterocycles. The van der Waals surface area contributed by atoms with E-state index < -0.39 is 6.43 Å². The monoisotopic (exact) mass is 233 g/mol. The summed E-state index contributed by atoms with van der Waals surface area (Å²) in [6.07, 6.45) is -1.72. The number of hydrogen-bond donors (Lipinski definition) is 1. The second-order valence-corrected chi connectivity index (χ2v) is 2.05. The van der Waals surface area contributed by atoms with Crippen LogP contribution < -0.4 is 109 Å². The Morgan fingerprint density at radius 3 is 2.38 bits per heavy atom. The summed E-state index contributed by atoms with van der Waals surface area (Å²) in [5.74, 6) is 0. The van der Waals surface area contributed by atoms with Crippen molar-refractivity contribution in [3.05, 3.63) is 41.8 Å². The minimum absolute atomic E-state index is 0. The molecule has 0 amide bonds. The molecule has 0 aliphatic rings. The summed E-state index contributed by atoms with van der Waals surface area (Å²) in [7, 11) is 0. The summed E-state index contributed by atoms with van der Waals surface area (Å²) in [5, 5.41) is 0. The van der Waals surface area contributed by atoms with Crippen LogP contribution in [0.5, 0.6) is 0 Å². The molecule has 0 bridgehead atoms. The molecule has 0 aliphatic carbocycles. The van der Waals surface area contributed by atoms with Crippen molar-refractivity contribution in [1.82, 2.24) is 0 Å². The van der Waals surface area contributed by atoms with Crippen molar-refractivity contribution >= 4 is 0 Å². The fraction of sp³-hybridized carbons (Fsp3) is 0.125. The predicted molar refractivity (Wildman–Crippen MR) is 37.7 cm³/mol. The summed E-state index contributed by atoms with van der Waals surface area (Å²) in [6, 6.07) is 6.98. The fourth-order valence-electron chi connectivity index (χ4n) is 0.746. The van der Waals surface area contributed by atoms with Crippen LogP contribution in [-0.2, 0) is 6.54 Å². The van der Waals surface area contributed by atoms with E-state index in [1.54, 1.807) is 6.07 Å². The third-order valence-electron chi connectivity index (χ3n) is 1.28. The summed E-state index contributed by atoms with van der Waals surface area (Å²) in [4.78, 5) is 0. The predicted octanol–water partition coefficient (Wildman–Crippen LogP) is -4.27. The van der Waals surface area contributed by atoms with Crippen LogP contribution in [0.1, 0.15) is 11.1 Å². The number of hydrogen-bond acceptors (Lipinski definition) is 1. The van der Waals surface area contributed by atoms with Crippen LogP contribution >= 0.6 is 0 Å². The van der Waals surface area contributed by atoms with E-state index in [2.05, 4.69) is 6.07 Å². The molecule has 0 aromatic heterocycles. The minimum atomic E-state index is -1.72. The van der Waals surface area contributed by atoms with Gasteiger partial charge in [0.15, 0.2) is 0 Å². The van der Waals surface area contributed by atoms with Crippen LogP contribution in [0.2, 0.25) is 0 Å². The Labute approximate surface area is 162 Å². The SMILES string of the molecule is NCc1[c-]c([C-](F)F)ccc1.[K+].[K+]. The molecular formula is C8H7F2K2N. The van der Waals surface area contributed by atoms with Gasteiger partial charge in [0.25, 0.3) is 0 Å². The van der Waals surface area contributed by atoms with Crippen molar-refractivity contribution in [3.63, 3.8) is 0 Å². The van der Waals surface area contributed by atoms with Crippen LogP contribution in [0.15, 0.2) is 18.2 Å². The molecule has 1 nitrogen and oxygen atoms in total. The average molecular weight is 233 g/mol. The molecule has 0 fully saturated rings. The van der Waals surface area contributed by atoms with Crippen LogP contribution in [-0.4, -0.2) is 0 Å². The Balaban J connectivity index is 0. The zero-order valence-electron chi connectivity index (χ0n) is 7.77. The van der Waals surface area contributed by atoms with Crippen LogP contribution in [0.3, 0.4) is 0 Å². The number of nitrogens with two attached hydrogens (primary N) is 1. The minimum Gasteiger partial charge on any atom is -0.329 e. The second kappa shape index (κ2) is 9.41. The molecule has 0 heterocycles. The van der Waals surface area contributed by atoms with Gasteiger partial charge >= 0.3 is 103 Å². The van der Waals surface area contributed by atoms with Gasteiger partial charge in [-0.3, -0.25) is 14.8 Å². The third-order valence-corrected chi connectivity index (χ3v) is 1.28. The van der Waals surface area contributed by atoms with Crippen molar-refractivity contribution in [3.8, 4) is 0 Å². The van der Waals surface area contributed by atoms with Gasteiger partial charge < -0.3 is 5.73 Å². The Morgan fingerprint density at radius 1 is 1.31 bits per heavy atom. The molecule has 2 N–H and O–H groups in total. The molecule has 0 unspecified atom stereocenters. The zero-order chi connectivity index (χ0) is 8.27. The largest absolute Gasteiger partial charge is 1.00 e. The molecule has 1 aromatic rings.